The van der Waals surface area contributed by atoms with E-state index in [0.717, 1.165) is 13.0 Å². The van der Waals surface area contributed by atoms with Gasteiger partial charge in [0, 0.05) is 18.4 Å². The monoisotopic (exact) mass is 465 g/mol. The molecule has 2 bridgehead atoms. The first-order valence-corrected chi connectivity index (χ1v) is 9.67. The fraction of sp³-hybridized carbons (Fsp3) is 0.240. The number of fused-ring (bicyclic) bond motifs is 1. The molecule has 2 heteroatoms. The molecule has 0 aromatic heterocycles. The Morgan fingerprint density at radius 2 is 1.48 bits per heavy atom. The minimum atomic E-state index is 0. The highest BCUT2D eigenvalue weighted by molar-refractivity contribution is 5.79. The Morgan fingerprint density at radius 3 is 2.26 bits per heavy atom. The van der Waals surface area contributed by atoms with E-state index in [1.165, 1.54) is 35.1 Å². The van der Waals surface area contributed by atoms with Crippen LogP contribution in [0.2, 0.25) is 0 Å². The second-order valence-corrected chi connectivity index (χ2v) is 7.58. The molecule has 1 nitrogen and oxygen atoms in total. The van der Waals surface area contributed by atoms with E-state index >= 15 is 0 Å². The van der Waals surface area contributed by atoms with Gasteiger partial charge in [-0.2, -0.15) is 0 Å². The van der Waals surface area contributed by atoms with Gasteiger partial charge in [-0.25, -0.2) is 4.58 Å². The van der Waals surface area contributed by atoms with E-state index in [1.807, 2.05) is 0 Å². The van der Waals surface area contributed by atoms with Gasteiger partial charge in [0.15, 0.2) is 12.3 Å². The summed E-state index contributed by atoms with van der Waals surface area (Å²) in [5, 5.41) is 0. The molecule has 3 aromatic rings. The van der Waals surface area contributed by atoms with Crippen molar-refractivity contribution in [1.82, 2.24) is 0 Å². The Bertz CT molecular complexity index is 948. The lowest BCUT2D eigenvalue weighted by atomic mass is 9.63. The Hall–Kier alpha value is -1.94. The zero-order chi connectivity index (χ0) is 17.4. The predicted octanol–water partition coefficient (Wildman–Crippen LogP) is 2.15. The molecule has 0 amide bonds. The zero-order valence-corrected chi connectivity index (χ0v) is 17.5. The Kier molecular flexibility index (Phi) is 5.18. The molecule has 136 valence electrons. The Labute approximate surface area is 178 Å². The minimum absolute atomic E-state index is 0. The summed E-state index contributed by atoms with van der Waals surface area (Å²) in [5.41, 5.74) is 5.92. The second kappa shape index (κ2) is 7.59. The van der Waals surface area contributed by atoms with Crippen molar-refractivity contribution in [3.05, 3.63) is 107 Å². The first kappa shape index (κ1) is 18.4. The highest BCUT2D eigenvalue weighted by Crippen LogP contribution is 2.49. The van der Waals surface area contributed by atoms with Crippen LogP contribution in [0, 0.1) is 0 Å². The van der Waals surface area contributed by atoms with Gasteiger partial charge in [-0.3, -0.25) is 0 Å². The maximum Gasteiger partial charge on any atom is 0.178 e. The van der Waals surface area contributed by atoms with Gasteiger partial charge in [0.25, 0.3) is 0 Å². The quantitative estimate of drug-likeness (QED) is 0.411. The van der Waals surface area contributed by atoms with Crippen molar-refractivity contribution < 1.29 is 28.6 Å². The molecule has 0 saturated carbocycles. The third-order valence-corrected chi connectivity index (χ3v) is 6.19. The lowest BCUT2D eigenvalue weighted by Gasteiger charge is -2.42. The average molecular weight is 465 g/mol. The van der Waals surface area contributed by atoms with E-state index in [-0.39, 0.29) is 29.4 Å². The van der Waals surface area contributed by atoms with E-state index in [2.05, 4.69) is 95.7 Å². The summed E-state index contributed by atoms with van der Waals surface area (Å²) < 4.78 is 2.62. The van der Waals surface area contributed by atoms with E-state index < -0.39 is 0 Å². The van der Waals surface area contributed by atoms with Gasteiger partial charge in [-0.1, -0.05) is 84.9 Å². The summed E-state index contributed by atoms with van der Waals surface area (Å²) in [6.45, 7) is 1.08. The third kappa shape index (κ3) is 3.14. The first-order chi connectivity index (χ1) is 12.9. The van der Waals surface area contributed by atoms with E-state index in [9.17, 15) is 0 Å². The van der Waals surface area contributed by atoms with Crippen LogP contribution in [-0.4, -0.2) is 17.3 Å². The summed E-state index contributed by atoms with van der Waals surface area (Å²) >= 11 is 0. The lowest BCUT2D eigenvalue weighted by Crippen LogP contribution is -3.00. The van der Waals surface area contributed by atoms with Crippen LogP contribution in [0.15, 0.2) is 84.9 Å². The molecule has 2 aliphatic heterocycles. The molecule has 1 aliphatic carbocycles. The average Bonchev–Trinajstić information content (AvgIpc) is 2.74. The topological polar surface area (TPSA) is 3.01 Å². The number of rotatable bonds is 4. The maximum atomic E-state index is 2.62. The van der Waals surface area contributed by atoms with Crippen LogP contribution in [0.25, 0.3) is 0 Å². The minimum Gasteiger partial charge on any atom is -1.00 e. The molecule has 0 N–H and O–H groups in total. The lowest BCUT2D eigenvalue weighted by molar-refractivity contribution is -0.578. The summed E-state index contributed by atoms with van der Waals surface area (Å²) in [6, 6.07) is 31.6. The summed E-state index contributed by atoms with van der Waals surface area (Å²) in [7, 11) is 0. The Balaban J connectivity index is 0.00000180. The van der Waals surface area contributed by atoms with Gasteiger partial charge < -0.3 is 24.0 Å². The van der Waals surface area contributed by atoms with Crippen LogP contribution in [0.3, 0.4) is 0 Å². The second-order valence-electron chi connectivity index (χ2n) is 7.58. The molecule has 0 fully saturated rings. The van der Waals surface area contributed by atoms with Gasteiger partial charge in [-0.15, -0.1) is 0 Å². The molecule has 0 radical (unpaired) electrons. The SMILES string of the molecule is C1=[N+](CCc2ccccc2)C2CCC1(c1ccccc1)c1ccccc12.[I-]. The number of nitrogens with zero attached hydrogens (tertiary/aromatic N) is 1. The molecule has 0 spiro atoms. The standard InChI is InChI=1S/C25H24N.HI/c1-3-9-20(10-4-1)16-18-26-19-25(21-11-5-2-6-12-21)17-15-24(26)22-13-7-8-14-23(22)25;/h1-14,19,24H,15-18H2;1H/q+1;/p-1. The highest BCUT2D eigenvalue weighted by Gasteiger charge is 2.50. The van der Waals surface area contributed by atoms with E-state index in [1.54, 1.807) is 0 Å². The normalized spacial score (nSPS) is 22.5. The molecule has 3 aromatic carbocycles. The number of halogens is 1. The molecule has 2 heterocycles. The van der Waals surface area contributed by atoms with Gasteiger partial charge in [0.2, 0.25) is 0 Å². The van der Waals surface area contributed by atoms with Crippen LogP contribution in [0.5, 0.6) is 0 Å². The predicted molar refractivity (Wildman–Crippen MR) is 107 cm³/mol. The number of benzene rings is 3. The van der Waals surface area contributed by atoms with Crippen molar-refractivity contribution >= 4 is 6.21 Å². The molecule has 6 rings (SSSR count). The van der Waals surface area contributed by atoms with Crippen molar-refractivity contribution in [1.29, 1.82) is 0 Å². The van der Waals surface area contributed by atoms with Gasteiger partial charge >= 0.3 is 0 Å². The smallest absolute Gasteiger partial charge is 0.178 e. The van der Waals surface area contributed by atoms with Crippen molar-refractivity contribution in [2.45, 2.75) is 30.7 Å². The fourth-order valence-corrected chi connectivity index (χ4v) is 4.93. The summed E-state index contributed by atoms with van der Waals surface area (Å²) in [5.74, 6) is 0. The number of hydrogen-bond donors (Lipinski definition) is 0. The molecule has 27 heavy (non-hydrogen) atoms. The molecule has 2 unspecified atom stereocenters. The fourth-order valence-electron chi connectivity index (χ4n) is 4.93. The zero-order valence-electron chi connectivity index (χ0n) is 15.4. The van der Waals surface area contributed by atoms with Crippen molar-refractivity contribution in [2.75, 3.05) is 6.54 Å². The van der Waals surface area contributed by atoms with Crippen LogP contribution in [0.4, 0.5) is 0 Å². The highest BCUT2D eigenvalue weighted by atomic mass is 127. The summed E-state index contributed by atoms with van der Waals surface area (Å²) in [4.78, 5) is 0. The number of hydrogen-bond acceptors (Lipinski definition) is 0. The van der Waals surface area contributed by atoms with Crippen LogP contribution >= 0.6 is 0 Å². The van der Waals surface area contributed by atoms with Crippen LogP contribution < -0.4 is 24.0 Å². The molecule has 3 aliphatic rings. The van der Waals surface area contributed by atoms with E-state index in [0.29, 0.717) is 6.04 Å². The van der Waals surface area contributed by atoms with Gasteiger partial charge in [0.1, 0.15) is 6.54 Å². The first-order valence-electron chi connectivity index (χ1n) is 9.67. The maximum absolute atomic E-state index is 2.62. The summed E-state index contributed by atoms with van der Waals surface area (Å²) in [6.07, 6.45) is 6.08. The molecule has 0 saturated heterocycles. The van der Waals surface area contributed by atoms with Crippen molar-refractivity contribution in [2.24, 2.45) is 0 Å². The van der Waals surface area contributed by atoms with Gasteiger partial charge in [-0.05, 0) is 23.1 Å². The van der Waals surface area contributed by atoms with E-state index in [4.69, 9.17) is 0 Å². The molecule has 2 atom stereocenters. The van der Waals surface area contributed by atoms with Crippen molar-refractivity contribution in [3.63, 3.8) is 0 Å². The third-order valence-electron chi connectivity index (χ3n) is 6.19. The molecular formula is C25H24IN. The van der Waals surface area contributed by atoms with Gasteiger partial charge in [0.05, 0.1) is 5.41 Å². The Morgan fingerprint density at radius 1 is 0.815 bits per heavy atom. The largest absolute Gasteiger partial charge is 1.00 e. The van der Waals surface area contributed by atoms with Crippen molar-refractivity contribution in [3.8, 4) is 0 Å². The molecular weight excluding hydrogens is 441 g/mol. The van der Waals surface area contributed by atoms with Crippen LogP contribution in [-0.2, 0) is 11.8 Å². The van der Waals surface area contributed by atoms with Crippen LogP contribution in [0.1, 0.15) is 41.1 Å².